The van der Waals surface area contributed by atoms with Gasteiger partial charge in [0.1, 0.15) is 5.01 Å². The van der Waals surface area contributed by atoms with Crippen LogP contribution in [0.15, 0.2) is 24.4 Å². The number of hydrogen-bond acceptors (Lipinski definition) is 7. The lowest BCUT2D eigenvalue weighted by Gasteiger charge is -2.07. The third-order valence-electron chi connectivity index (χ3n) is 4.86. The maximum atomic E-state index is 14.5. The quantitative estimate of drug-likeness (QED) is 0.567. The molecule has 0 aliphatic carbocycles. The number of ether oxygens (including phenoxy) is 2. The number of likely N-dealkylation sites (N-methyl/N-ethyl adjacent to an activating group) is 1. The zero-order valence-corrected chi connectivity index (χ0v) is 16.4. The topological polar surface area (TPSA) is 69.2 Å². The molecule has 6 nitrogen and oxygen atoms in total. The lowest BCUT2D eigenvalue weighted by atomic mass is 10.1. The average Bonchev–Trinajstić information content (AvgIpc) is 3.31. The first-order valence-electron chi connectivity index (χ1n) is 8.85. The molecule has 0 saturated carbocycles. The molecule has 0 spiro atoms. The molecule has 1 aliphatic rings. The zero-order chi connectivity index (χ0) is 19.4. The SMILES string of the molecule is CNC1Cc2c(c(F)cc3nc(-c4cc(C)cc5nc(OC)cnc45)sc23)O1. The molecule has 0 bridgehead atoms. The number of aryl methyl sites for hydroxylation is 1. The normalized spacial score (nSPS) is 15.8. The monoisotopic (exact) mass is 396 g/mol. The van der Waals surface area contributed by atoms with Crippen molar-refractivity contribution in [2.75, 3.05) is 14.2 Å². The Bertz CT molecular complexity index is 1240. The molecule has 5 rings (SSSR count). The average molecular weight is 396 g/mol. The highest BCUT2D eigenvalue weighted by atomic mass is 32.1. The first kappa shape index (κ1) is 17.3. The van der Waals surface area contributed by atoms with Crippen LogP contribution in [0.25, 0.3) is 31.8 Å². The van der Waals surface area contributed by atoms with Crippen LogP contribution < -0.4 is 14.8 Å². The predicted molar refractivity (Wildman–Crippen MR) is 107 cm³/mol. The smallest absolute Gasteiger partial charge is 0.232 e. The van der Waals surface area contributed by atoms with Gasteiger partial charge in [-0.3, -0.25) is 5.32 Å². The highest BCUT2D eigenvalue weighted by Crippen LogP contribution is 2.42. The Kier molecular flexibility index (Phi) is 3.92. The summed E-state index contributed by atoms with van der Waals surface area (Å²) in [5.41, 5.74) is 4.90. The number of halogens is 1. The molecule has 0 saturated heterocycles. The maximum absolute atomic E-state index is 14.5. The summed E-state index contributed by atoms with van der Waals surface area (Å²) in [4.78, 5) is 13.7. The van der Waals surface area contributed by atoms with Crippen molar-refractivity contribution in [1.82, 2.24) is 20.3 Å². The van der Waals surface area contributed by atoms with Gasteiger partial charge in [-0.2, -0.15) is 0 Å². The molecule has 2 aromatic heterocycles. The number of benzene rings is 2. The van der Waals surface area contributed by atoms with E-state index in [1.165, 1.54) is 17.4 Å². The Morgan fingerprint density at radius 3 is 2.89 bits per heavy atom. The summed E-state index contributed by atoms with van der Waals surface area (Å²) < 4.78 is 26.3. The summed E-state index contributed by atoms with van der Waals surface area (Å²) in [5, 5.41) is 3.83. The molecule has 1 unspecified atom stereocenters. The van der Waals surface area contributed by atoms with E-state index in [4.69, 9.17) is 14.5 Å². The Morgan fingerprint density at radius 1 is 1.25 bits per heavy atom. The summed E-state index contributed by atoms with van der Waals surface area (Å²) in [6.45, 7) is 2.00. The van der Waals surface area contributed by atoms with Crippen LogP contribution >= 0.6 is 11.3 Å². The number of nitrogens with one attached hydrogen (secondary N) is 1. The first-order valence-corrected chi connectivity index (χ1v) is 9.66. The van der Waals surface area contributed by atoms with Crippen LogP contribution in [0.2, 0.25) is 0 Å². The van der Waals surface area contributed by atoms with Gasteiger partial charge in [0, 0.05) is 23.6 Å². The summed E-state index contributed by atoms with van der Waals surface area (Å²) >= 11 is 1.53. The summed E-state index contributed by atoms with van der Waals surface area (Å²) in [6.07, 6.45) is 1.98. The van der Waals surface area contributed by atoms with Crippen LogP contribution in [0, 0.1) is 12.7 Å². The molecular formula is C20H17FN4O2S. The van der Waals surface area contributed by atoms with Crippen molar-refractivity contribution >= 4 is 32.6 Å². The van der Waals surface area contributed by atoms with E-state index in [1.54, 1.807) is 20.4 Å². The number of thiazole rings is 1. The van der Waals surface area contributed by atoms with E-state index in [-0.39, 0.29) is 12.0 Å². The van der Waals surface area contributed by atoms with Gasteiger partial charge in [0.25, 0.3) is 0 Å². The van der Waals surface area contributed by atoms with Gasteiger partial charge in [0.15, 0.2) is 17.8 Å². The molecule has 0 amide bonds. The molecule has 4 aromatic rings. The van der Waals surface area contributed by atoms with Crippen LogP contribution in [0.1, 0.15) is 11.1 Å². The van der Waals surface area contributed by atoms with Crippen molar-refractivity contribution in [3.05, 3.63) is 41.3 Å². The Hall–Kier alpha value is -2.84. The number of hydrogen-bond donors (Lipinski definition) is 1. The van der Waals surface area contributed by atoms with Gasteiger partial charge in [-0.15, -0.1) is 11.3 Å². The minimum absolute atomic E-state index is 0.223. The molecule has 8 heteroatoms. The zero-order valence-electron chi connectivity index (χ0n) is 15.5. The number of nitrogens with zero attached hydrogens (tertiary/aromatic N) is 3. The largest absolute Gasteiger partial charge is 0.480 e. The predicted octanol–water partition coefficient (Wildman–Crippen LogP) is 3.84. The number of fused-ring (bicyclic) bond motifs is 4. The van der Waals surface area contributed by atoms with Crippen molar-refractivity contribution in [2.45, 2.75) is 19.6 Å². The molecule has 142 valence electrons. The Morgan fingerprint density at radius 2 is 2.11 bits per heavy atom. The fourth-order valence-corrected chi connectivity index (χ4v) is 4.66. The van der Waals surface area contributed by atoms with Gasteiger partial charge < -0.3 is 9.47 Å². The highest BCUT2D eigenvalue weighted by molar-refractivity contribution is 7.22. The second-order valence-corrected chi connectivity index (χ2v) is 7.72. The number of methoxy groups -OCH3 is 1. The Balaban J connectivity index is 1.73. The maximum Gasteiger partial charge on any atom is 0.232 e. The second-order valence-electron chi connectivity index (χ2n) is 6.73. The molecule has 28 heavy (non-hydrogen) atoms. The fraction of sp³-hybridized carbons (Fsp3) is 0.250. The molecule has 1 N–H and O–H groups in total. The van der Waals surface area contributed by atoms with Crippen molar-refractivity contribution in [1.29, 1.82) is 0 Å². The minimum atomic E-state index is -0.379. The molecule has 0 fully saturated rings. The second kappa shape index (κ2) is 6.35. The number of aromatic nitrogens is 3. The van der Waals surface area contributed by atoms with Gasteiger partial charge in [-0.25, -0.2) is 19.3 Å². The van der Waals surface area contributed by atoms with Gasteiger partial charge in [0.05, 0.1) is 34.6 Å². The molecule has 1 aliphatic heterocycles. The highest BCUT2D eigenvalue weighted by Gasteiger charge is 2.29. The summed E-state index contributed by atoms with van der Waals surface area (Å²) in [7, 11) is 3.37. The van der Waals surface area contributed by atoms with Crippen molar-refractivity contribution in [3.8, 4) is 22.2 Å². The van der Waals surface area contributed by atoms with Crippen LogP contribution in [-0.4, -0.2) is 35.3 Å². The van der Waals surface area contributed by atoms with Crippen LogP contribution in [-0.2, 0) is 6.42 Å². The van der Waals surface area contributed by atoms with E-state index in [0.717, 1.165) is 37.4 Å². The van der Waals surface area contributed by atoms with E-state index in [0.29, 0.717) is 23.6 Å². The van der Waals surface area contributed by atoms with Crippen LogP contribution in [0.5, 0.6) is 11.6 Å². The van der Waals surface area contributed by atoms with Crippen LogP contribution in [0.3, 0.4) is 0 Å². The summed E-state index contributed by atoms with van der Waals surface area (Å²) in [6, 6.07) is 5.44. The van der Waals surface area contributed by atoms with Gasteiger partial charge in [-0.1, -0.05) is 0 Å². The van der Waals surface area contributed by atoms with Crippen molar-refractivity contribution < 1.29 is 13.9 Å². The minimum Gasteiger partial charge on any atom is -0.480 e. The number of rotatable bonds is 3. The van der Waals surface area contributed by atoms with Crippen molar-refractivity contribution in [3.63, 3.8) is 0 Å². The molecule has 1 atom stereocenters. The first-order chi connectivity index (χ1) is 13.6. The van der Waals surface area contributed by atoms with E-state index >= 15 is 0 Å². The van der Waals surface area contributed by atoms with Gasteiger partial charge >= 0.3 is 0 Å². The van der Waals surface area contributed by atoms with E-state index in [9.17, 15) is 4.39 Å². The lowest BCUT2D eigenvalue weighted by molar-refractivity contribution is 0.196. The van der Waals surface area contributed by atoms with Crippen LogP contribution in [0.4, 0.5) is 4.39 Å². The van der Waals surface area contributed by atoms with Gasteiger partial charge in [0.2, 0.25) is 5.88 Å². The molecule has 2 aromatic carbocycles. The lowest BCUT2D eigenvalue weighted by Crippen LogP contribution is -2.29. The fourth-order valence-electron chi connectivity index (χ4n) is 3.55. The third-order valence-corrected chi connectivity index (χ3v) is 6.03. The summed E-state index contributed by atoms with van der Waals surface area (Å²) in [5.74, 6) is 0.403. The molecular weight excluding hydrogens is 379 g/mol. The van der Waals surface area contributed by atoms with E-state index in [2.05, 4.69) is 15.3 Å². The third kappa shape index (κ3) is 2.60. The van der Waals surface area contributed by atoms with E-state index < -0.39 is 0 Å². The Labute approximate surface area is 164 Å². The van der Waals surface area contributed by atoms with Gasteiger partial charge in [-0.05, 0) is 31.7 Å². The molecule has 0 radical (unpaired) electrons. The van der Waals surface area contributed by atoms with Crippen molar-refractivity contribution in [2.24, 2.45) is 0 Å². The standard InChI is InChI=1S/C20H17FN4O2S/c1-9-4-10(17-13(5-9)24-16(26-3)8-23-17)20-25-14-7-12(21)18-11(19(14)28-20)6-15(22-2)27-18/h4-5,7-8,15,22H,6H2,1-3H3. The van der Waals surface area contributed by atoms with E-state index in [1.807, 2.05) is 19.1 Å². The molecule has 3 heterocycles.